The lowest BCUT2D eigenvalue weighted by atomic mass is 9.83. The Balaban J connectivity index is 1.77. The summed E-state index contributed by atoms with van der Waals surface area (Å²) in [5.41, 5.74) is 5.07. The van der Waals surface area contributed by atoms with E-state index in [4.69, 9.17) is 9.47 Å². The zero-order valence-electron chi connectivity index (χ0n) is 22.8. The van der Waals surface area contributed by atoms with E-state index in [9.17, 15) is 0 Å². The maximum absolute atomic E-state index is 6.70. The van der Waals surface area contributed by atoms with E-state index in [1.807, 2.05) is 0 Å². The van der Waals surface area contributed by atoms with Crippen molar-refractivity contribution in [1.29, 1.82) is 0 Å². The second-order valence-corrected chi connectivity index (χ2v) is 11.6. The number of hydrogen-bond acceptors (Lipinski definition) is 2. The van der Waals surface area contributed by atoms with Crippen LogP contribution in [0.5, 0.6) is 11.5 Å². The van der Waals surface area contributed by atoms with Crippen molar-refractivity contribution >= 4 is 0 Å². The minimum absolute atomic E-state index is 0.0319. The molecular weight excluding hydrogens is 392 g/mol. The van der Waals surface area contributed by atoms with Gasteiger partial charge in [-0.3, -0.25) is 0 Å². The van der Waals surface area contributed by atoms with Gasteiger partial charge >= 0.3 is 0 Å². The highest BCUT2D eigenvalue weighted by Crippen LogP contribution is 2.44. The lowest BCUT2D eigenvalue weighted by Crippen LogP contribution is -2.37. The molecule has 1 unspecified atom stereocenters. The summed E-state index contributed by atoms with van der Waals surface area (Å²) in [6.07, 6.45) is 14.3. The van der Waals surface area contributed by atoms with E-state index in [1.54, 1.807) is 7.11 Å². The molecule has 0 amide bonds. The Morgan fingerprint density at radius 3 is 1.94 bits per heavy atom. The molecule has 0 aliphatic carbocycles. The molecule has 2 nitrogen and oxygen atoms in total. The fraction of sp³-hybridized carbons (Fsp3) is 0.800. The molecule has 32 heavy (non-hydrogen) atoms. The van der Waals surface area contributed by atoms with Crippen LogP contribution >= 0.6 is 0 Å². The molecule has 0 fully saturated rings. The SMILES string of the molecule is COc1c(C)c(C)c2c(c1C)CCC(C)(CCC[C@H](C)CCC[C@H](C)CCCC(C)C)O2. The molecule has 0 bridgehead atoms. The van der Waals surface area contributed by atoms with Crippen molar-refractivity contribution in [3.8, 4) is 11.5 Å². The van der Waals surface area contributed by atoms with Gasteiger partial charge in [0.2, 0.25) is 0 Å². The fourth-order valence-electron chi connectivity index (χ4n) is 5.57. The van der Waals surface area contributed by atoms with Crippen LogP contribution in [0, 0.1) is 38.5 Å². The van der Waals surface area contributed by atoms with E-state index in [1.165, 1.54) is 73.6 Å². The number of methoxy groups -OCH3 is 1. The molecule has 1 aromatic rings. The van der Waals surface area contributed by atoms with Crippen LogP contribution in [-0.2, 0) is 6.42 Å². The van der Waals surface area contributed by atoms with Crippen molar-refractivity contribution < 1.29 is 9.47 Å². The highest BCUT2D eigenvalue weighted by Gasteiger charge is 2.34. The van der Waals surface area contributed by atoms with Crippen molar-refractivity contribution in [2.75, 3.05) is 7.11 Å². The van der Waals surface area contributed by atoms with Crippen LogP contribution in [-0.4, -0.2) is 12.7 Å². The van der Waals surface area contributed by atoms with Gasteiger partial charge in [0.05, 0.1) is 7.11 Å². The minimum atomic E-state index is -0.0319. The average molecular weight is 445 g/mol. The molecule has 2 heteroatoms. The molecule has 0 saturated carbocycles. The lowest BCUT2D eigenvalue weighted by molar-refractivity contribution is 0.0512. The first-order valence-corrected chi connectivity index (χ1v) is 13.4. The van der Waals surface area contributed by atoms with Gasteiger partial charge in [0.15, 0.2) is 0 Å². The Kier molecular flexibility index (Phi) is 10.4. The van der Waals surface area contributed by atoms with E-state index in [0.29, 0.717) is 0 Å². The third kappa shape index (κ3) is 7.42. The van der Waals surface area contributed by atoms with Crippen LogP contribution in [0.3, 0.4) is 0 Å². The molecule has 0 aromatic heterocycles. The van der Waals surface area contributed by atoms with Crippen molar-refractivity contribution in [1.82, 2.24) is 0 Å². The number of benzene rings is 1. The molecule has 0 radical (unpaired) electrons. The van der Waals surface area contributed by atoms with Gasteiger partial charge in [0, 0.05) is 5.56 Å². The third-order valence-corrected chi connectivity index (χ3v) is 8.04. The first-order valence-electron chi connectivity index (χ1n) is 13.4. The number of hydrogen-bond donors (Lipinski definition) is 0. The predicted octanol–water partition coefficient (Wildman–Crippen LogP) is 9.14. The Bertz CT molecular complexity index is 720. The fourth-order valence-corrected chi connectivity index (χ4v) is 5.57. The van der Waals surface area contributed by atoms with E-state index in [0.717, 1.165) is 48.5 Å². The minimum Gasteiger partial charge on any atom is -0.496 e. The normalized spacial score (nSPS) is 20.1. The monoisotopic (exact) mass is 444 g/mol. The van der Waals surface area contributed by atoms with Crippen molar-refractivity contribution in [2.45, 2.75) is 132 Å². The molecule has 0 N–H and O–H groups in total. The molecule has 3 atom stereocenters. The van der Waals surface area contributed by atoms with Crippen LogP contribution in [0.2, 0.25) is 0 Å². The summed E-state index contributed by atoms with van der Waals surface area (Å²) in [5.74, 6) is 4.74. The maximum Gasteiger partial charge on any atom is 0.127 e. The van der Waals surface area contributed by atoms with Crippen LogP contribution < -0.4 is 9.47 Å². The zero-order chi connectivity index (χ0) is 23.9. The van der Waals surface area contributed by atoms with Gasteiger partial charge in [0.1, 0.15) is 17.1 Å². The third-order valence-electron chi connectivity index (χ3n) is 8.04. The maximum atomic E-state index is 6.70. The van der Waals surface area contributed by atoms with Gasteiger partial charge in [-0.25, -0.2) is 0 Å². The van der Waals surface area contributed by atoms with Gasteiger partial charge in [-0.2, -0.15) is 0 Å². The molecule has 2 rings (SSSR count). The summed E-state index contributed by atoms with van der Waals surface area (Å²) in [4.78, 5) is 0. The number of fused-ring (bicyclic) bond motifs is 1. The van der Waals surface area contributed by atoms with Crippen molar-refractivity contribution in [3.63, 3.8) is 0 Å². The van der Waals surface area contributed by atoms with Gasteiger partial charge in [-0.05, 0) is 87.8 Å². The summed E-state index contributed by atoms with van der Waals surface area (Å²) >= 11 is 0. The summed E-state index contributed by atoms with van der Waals surface area (Å²) in [6.45, 7) is 18.4. The second kappa shape index (κ2) is 12.3. The van der Waals surface area contributed by atoms with E-state index in [2.05, 4.69) is 55.4 Å². The zero-order valence-corrected chi connectivity index (χ0v) is 22.8. The van der Waals surface area contributed by atoms with Crippen LogP contribution in [0.1, 0.15) is 121 Å². The summed E-state index contributed by atoms with van der Waals surface area (Å²) in [7, 11) is 1.78. The molecule has 1 aliphatic rings. The highest BCUT2D eigenvalue weighted by atomic mass is 16.5. The Morgan fingerprint density at radius 2 is 1.38 bits per heavy atom. The van der Waals surface area contributed by atoms with Gasteiger partial charge < -0.3 is 9.47 Å². The standard InChI is InChI=1S/C30H52O2/c1-21(2)13-10-14-22(3)15-11-16-23(4)17-12-19-30(8)20-18-27-26(7)28(31-9)24(5)25(6)29(27)32-30/h21-23H,10-20H2,1-9H3/t22-,23-,30?/m1/s1. The quantitative estimate of drug-likeness (QED) is 0.302. The van der Waals surface area contributed by atoms with E-state index in [-0.39, 0.29) is 5.60 Å². The molecule has 0 saturated heterocycles. The van der Waals surface area contributed by atoms with Crippen LogP contribution in [0.15, 0.2) is 0 Å². The summed E-state index contributed by atoms with van der Waals surface area (Å²) in [6, 6.07) is 0. The molecule has 1 heterocycles. The van der Waals surface area contributed by atoms with Gasteiger partial charge in [-0.1, -0.05) is 72.6 Å². The van der Waals surface area contributed by atoms with Crippen LogP contribution in [0.4, 0.5) is 0 Å². The Hall–Kier alpha value is -1.18. The van der Waals surface area contributed by atoms with Crippen molar-refractivity contribution in [3.05, 3.63) is 22.3 Å². The molecule has 184 valence electrons. The first kappa shape index (κ1) is 27.1. The number of rotatable bonds is 13. The largest absolute Gasteiger partial charge is 0.496 e. The molecule has 0 spiro atoms. The van der Waals surface area contributed by atoms with Gasteiger partial charge in [0.25, 0.3) is 0 Å². The predicted molar refractivity (Wildman–Crippen MR) is 139 cm³/mol. The molecule has 1 aromatic carbocycles. The molecular formula is C30H52O2. The van der Waals surface area contributed by atoms with Crippen molar-refractivity contribution in [2.24, 2.45) is 17.8 Å². The lowest BCUT2D eigenvalue weighted by Gasteiger charge is -2.38. The summed E-state index contributed by atoms with van der Waals surface area (Å²) in [5, 5.41) is 0. The Morgan fingerprint density at radius 1 is 0.812 bits per heavy atom. The van der Waals surface area contributed by atoms with E-state index >= 15 is 0 Å². The Labute approximate surface area is 199 Å². The van der Waals surface area contributed by atoms with Crippen LogP contribution in [0.25, 0.3) is 0 Å². The van der Waals surface area contributed by atoms with Gasteiger partial charge in [-0.15, -0.1) is 0 Å². The molecule has 1 aliphatic heterocycles. The highest BCUT2D eigenvalue weighted by molar-refractivity contribution is 5.58. The van der Waals surface area contributed by atoms with E-state index < -0.39 is 0 Å². The topological polar surface area (TPSA) is 18.5 Å². The first-order chi connectivity index (χ1) is 15.1. The second-order valence-electron chi connectivity index (χ2n) is 11.6. The average Bonchev–Trinajstić information content (AvgIpc) is 2.72. The number of ether oxygens (including phenoxy) is 2. The summed E-state index contributed by atoms with van der Waals surface area (Å²) < 4.78 is 12.4. The smallest absolute Gasteiger partial charge is 0.127 e.